The zero-order valence-electron chi connectivity index (χ0n) is 11.3. The van der Waals surface area contributed by atoms with Crippen molar-refractivity contribution in [3.63, 3.8) is 0 Å². The molecule has 1 N–H and O–H groups in total. The summed E-state index contributed by atoms with van der Waals surface area (Å²) in [5.74, 6) is -0.403. The Hall–Kier alpha value is -2.24. The number of carbonyl (C=O) groups is 1. The molecule has 1 fully saturated rings. The minimum atomic E-state index is -0.899. The van der Waals surface area contributed by atoms with Gasteiger partial charge in [-0.15, -0.1) is 10.2 Å². The molecule has 0 radical (unpaired) electrons. The summed E-state index contributed by atoms with van der Waals surface area (Å²) in [6, 6.07) is 7.46. The molecule has 20 heavy (non-hydrogen) atoms. The van der Waals surface area contributed by atoms with E-state index in [4.69, 9.17) is 0 Å². The molecule has 1 unspecified atom stereocenters. The molecule has 104 valence electrons. The van der Waals surface area contributed by atoms with Crippen LogP contribution in [0.4, 0.5) is 5.95 Å². The van der Waals surface area contributed by atoms with E-state index >= 15 is 0 Å². The van der Waals surface area contributed by atoms with Gasteiger partial charge in [-0.1, -0.05) is 19.1 Å². The van der Waals surface area contributed by atoms with Gasteiger partial charge >= 0.3 is 5.97 Å². The van der Waals surface area contributed by atoms with Gasteiger partial charge in [-0.3, -0.25) is 0 Å². The molecule has 1 saturated heterocycles. The normalized spacial score (nSPS) is 22.4. The van der Waals surface area contributed by atoms with E-state index in [9.17, 15) is 9.90 Å². The number of carboxylic acid groups (broad SMARTS) is 1. The number of para-hydroxylation sites is 1. The maximum absolute atomic E-state index is 11.7. The Morgan fingerprint density at radius 3 is 2.80 bits per heavy atom. The molecule has 3 rings (SSSR count). The third-order valence-electron chi connectivity index (χ3n) is 4.06. The monoisotopic (exact) mass is 272 g/mol. The van der Waals surface area contributed by atoms with Crippen LogP contribution in [0.5, 0.6) is 0 Å². The Kier molecular flexibility index (Phi) is 3.00. The molecule has 6 nitrogen and oxygen atoms in total. The van der Waals surface area contributed by atoms with Gasteiger partial charge in [-0.25, -0.2) is 9.78 Å². The topological polar surface area (TPSA) is 79.2 Å². The van der Waals surface area contributed by atoms with E-state index < -0.39 is 11.5 Å². The van der Waals surface area contributed by atoms with Crippen LogP contribution in [0.25, 0.3) is 11.0 Å². The molecular weight excluding hydrogens is 256 g/mol. The molecular formula is C14H16N4O2. The average molecular weight is 272 g/mol. The molecule has 1 aliphatic heterocycles. The van der Waals surface area contributed by atoms with Gasteiger partial charge in [0.1, 0.15) is 11.1 Å². The first kappa shape index (κ1) is 12.8. The number of aromatic nitrogens is 3. The minimum Gasteiger partial charge on any atom is -0.479 e. The summed E-state index contributed by atoms with van der Waals surface area (Å²) in [5.41, 5.74) is 0.553. The smallest absolute Gasteiger partial charge is 0.329 e. The van der Waals surface area contributed by atoms with Gasteiger partial charge in [0.15, 0.2) is 0 Å². The van der Waals surface area contributed by atoms with Gasteiger partial charge in [-0.2, -0.15) is 0 Å². The molecule has 1 aromatic carbocycles. The van der Waals surface area contributed by atoms with Crippen molar-refractivity contribution in [2.75, 3.05) is 11.4 Å². The zero-order chi connectivity index (χ0) is 14.2. The molecule has 0 bridgehead atoms. The SMILES string of the molecule is CCC1(C(=O)O)CCCN1c1nnc2ccccc2n1. The summed E-state index contributed by atoms with van der Waals surface area (Å²) in [7, 11) is 0. The van der Waals surface area contributed by atoms with Gasteiger partial charge in [0.05, 0.1) is 5.52 Å². The highest BCUT2D eigenvalue weighted by Crippen LogP contribution is 2.35. The van der Waals surface area contributed by atoms with Crippen LogP contribution >= 0.6 is 0 Å². The van der Waals surface area contributed by atoms with Crippen molar-refractivity contribution < 1.29 is 9.90 Å². The highest BCUT2D eigenvalue weighted by Gasteiger charge is 2.47. The van der Waals surface area contributed by atoms with Crippen molar-refractivity contribution in [2.24, 2.45) is 0 Å². The van der Waals surface area contributed by atoms with Crippen molar-refractivity contribution in [3.05, 3.63) is 24.3 Å². The molecule has 2 heterocycles. The van der Waals surface area contributed by atoms with E-state index in [1.54, 1.807) is 4.90 Å². The van der Waals surface area contributed by atoms with Crippen LogP contribution in [0.2, 0.25) is 0 Å². The lowest BCUT2D eigenvalue weighted by molar-refractivity contribution is -0.143. The molecule has 1 atom stereocenters. The molecule has 6 heteroatoms. The van der Waals surface area contributed by atoms with E-state index in [2.05, 4.69) is 15.2 Å². The number of benzene rings is 1. The van der Waals surface area contributed by atoms with Crippen LogP contribution in [0.15, 0.2) is 24.3 Å². The number of rotatable bonds is 3. The first-order valence-electron chi connectivity index (χ1n) is 6.78. The van der Waals surface area contributed by atoms with Crippen LogP contribution in [0.1, 0.15) is 26.2 Å². The number of aliphatic carboxylic acids is 1. The Morgan fingerprint density at radius 2 is 2.10 bits per heavy atom. The lowest BCUT2D eigenvalue weighted by atomic mass is 9.93. The van der Waals surface area contributed by atoms with Crippen molar-refractivity contribution in [2.45, 2.75) is 31.7 Å². The van der Waals surface area contributed by atoms with Crippen molar-refractivity contribution in [3.8, 4) is 0 Å². The fourth-order valence-corrected chi connectivity index (χ4v) is 2.90. The Balaban J connectivity index is 2.07. The lowest BCUT2D eigenvalue weighted by Crippen LogP contribution is -2.51. The van der Waals surface area contributed by atoms with Crippen LogP contribution in [-0.4, -0.2) is 38.3 Å². The predicted molar refractivity (Wildman–Crippen MR) is 74.6 cm³/mol. The van der Waals surface area contributed by atoms with Crippen LogP contribution in [0.3, 0.4) is 0 Å². The molecule has 1 aliphatic rings. The van der Waals surface area contributed by atoms with E-state index in [0.717, 1.165) is 11.9 Å². The van der Waals surface area contributed by atoms with Crippen LogP contribution in [-0.2, 0) is 4.79 Å². The second kappa shape index (κ2) is 4.70. The number of hydrogen-bond acceptors (Lipinski definition) is 5. The fourth-order valence-electron chi connectivity index (χ4n) is 2.90. The van der Waals surface area contributed by atoms with E-state index in [1.165, 1.54) is 0 Å². The quantitative estimate of drug-likeness (QED) is 0.918. The minimum absolute atomic E-state index is 0.408. The predicted octanol–water partition coefficient (Wildman–Crippen LogP) is 1.86. The second-order valence-corrected chi connectivity index (χ2v) is 5.05. The molecule has 0 aliphatic carbocycles. The molecule has 2 aromatic rings. The lowest BCUT2D eigenvalue weighted by Gasteiger charge is -2.33. The standard InChI is InChI=1S/C14H16N4O2/c1-2-14(12(19)20)8-5-9-18(14)13-15-10-6-3-4-7-11(10)16-17-13/h3-4,6-7H,2,5,8-9H2,1H3,(H,19,20). The number of hydrogen-bond donors (Lipinski definition) is 1. The largest absolute Gasteiger partial charge is 0.479 e. The Morgan fingerprint density at radius 1 is 1.35 bits per heavy atom. The van der Waals surface area contributed by atoms with Crippen LogP contribution < -0.4 is 4.90 Å². The Labute approximate surface area is 116 Å². The molecule has 0 spiro atoms. The number of fused-ring (bicyclic) bond motifs is 1. The third kappa shape index (κ3) is 1.79. The van der Waals surface area contributed by atoms with Crippen molar-refractivity contribution in [1.29, 1.82) is 0 Å². The Bertz CT molecular complexity index is 660. The van der Waals surface area contributed by atoms with Gasteiger partial charge in [0.2, 0.25) is 5.95 Å². The fraction of sp³-hybridized carbons (Fsp3) is 0.429. The first-order chi connectivity index (χ1) is 9.67. The van der Waals surface area contributed by atoms with Crippen molar-refractivity contribution in [1.82, 2.24) is 15.2 Å². The number of anilines is 1. The average Bonchev–Trinajstić information content (AvgIpc) is 2.92. The van der Waals surface area contributed by atoms with Gasteiger partial charge in [0, 0.05) is 6.54 Å². The van der Waals surface area contributed by atoms with E-state index in [1.807, 2.05) is 31.2 Å². The summed E-state index contributed by atoms with van der Waals surface area (Å²) in [4.78, 5) is 17.9. The highest BCUT2D eigenvalue weighted by molar-refractivity contribution is 5.84. The number of carboxylic acids is 1. The van der Waals surface area contributed by atoms with E-state index in [-0.39, 0.29) is 0 Å². The van der Waals surface area contributed by atoms with Crippen LogP contribution in [0, 0.1) is 0 Å². The zero-order valence-corrected chi connectivity index (χ0v) is 11.3. The first-order valence-corrected chi connectivity index (χ1v) is 6.78. The van der Waals surface area contributed by atoms with Gasteiger partial charge in [0.25, 0.3) is 0 Å². The summed E-state index contributed by atoms with van der Waals surface area (Å²) in [6.07, 6.45) is 1.98. The molecule has 1 aromatic heterocycles. The highest BCUT2D eigenvalue weighted by atomic mass is 16.4. The maximum atomic E-state index is 11.7. The summed E-state index contributed by atoms with van der Waals surface area (Å²) in [6.45, 7) is 2.54. The molecule has 0 amide bonds. The van der Waals surface area contributed by atoms with Gasteiger partial charge in [-0.05, 0) is 31.4 Å². The molecule has 0 saturated carbocycles. The second-order valence-electron chi connectivity index (χ2n) is 5.05. The number of nitrogens with zero attached hydrogens (tertiary/aromatic N) is 4. The summed E-state index contributed by atoms with van der Waals surface area (Å²) >= 11 is 0. The maximum Gasteiger partial charge on any atom is 0.329 e. The van der Waals surface area contributed by atoms with Gasteiger partial charge < -0.3 is 10.0 Å². The van der Waals surface area contributed by atoms with Crippen molar-refractivity contribution >= 4 is 23.0 Å². The summed E-state index contributed by atoms with van der Waals surface area (Å²) in [5, 5.41) is 17.8. The summed E-state index contributed by atoms with van der Waals surface area (Å²) < 4.78 is 0. The third-order valence-corrected chi connectivity index (χ3v) is 4.06. The van der Waals surface area contributed by atoms with E-state index in [0.29, 0.717) is 30.9 Å².